The van der Waals surface area contributed by atoms with Crippen molar-refractivity contribution in [2.75, 3.05) is 26.9 Å². The summed E-state index contributed by atoms with van der Waals surface area (Å²) in [6.07, 6.45) is -29.8. The Balaban J connectivity index is 0.000000223. The summed E-state index contributed by atoms with van der Waals surface area (Å²) >= 11 is 0. The zero-order chi connectivity index (χ0) is 70.6. The molecule has 0 spiro atoms. The number of fused-ring (bicyclic) bond motifs is 2. The molecule has 506 valence electrons. The number of rotatable bonds is 8. The van der Waals surface area contributed by atoms with Gasteiger partial charge in [0.15, 0.2) is 7.14 Å². The van der Waals surface area contributed by atoms with Gasteiger partial charge >= 0.3 is 37.1 Å². The molecule has 0 fully saturated rings. The Bertz CT molecular complexity index is 4300. The molecule has 8 aromatic rings. The number of alkyl halides is 18. The van der Waals surface area contributed by atoms with Crippen molar-refractivity contribution in [3.05, 3.63) is 177 Å². The van der Waals surface area contributed by atoms with Crippen LogP contribution in [0.3, 0.4) is 0 Å². The molecule has 25 heteroatoms. The average molecular weight is 1390 g/mol. The van der Waals surface area contributed by atoms with Crippen LogP contribution < -0.4 is 29.6 Å². The van der Waals surface area contributed by atoms with Crippen LogP contribution in [0.15, 0.2) is 121 Å². The zero-order valence-corrected chi connectivity index (χ0v) is 54.5. The van der Waals surface area contributed by atoms with E-state index in [1.807, 2.05) is 20.8 Å². The fourth-order valence-corrected chi connectivity index (χ4v) is 16.8. The fraction of sp³-hybridized carbons (Fsp3) is 0.314. The summed E-state index contributed by atoms with van der Waals surface area (Å²) in [5, 5.41) is 0.0116. The standard InChI is InChI=1S/C35H30F9O3P.C35H30F9O2P/c1-18-10-20(12-22(11-18)33(36,37)38)26-16-27(21-13-23(34(39,40)41)15-24(14-21)35(42,43)44)30(46-6)29(19(26)2)25-8-7-9-28-31(25)48(45,17-47-28)32(3,4)5;1-18-10-20(12-22(11-18)33(36,37)38)26-16-27(21-13-23(34(39,40)41)15-24(14-21)35(42,43)44)30(45-6)29(19(26)2)25-8-7-9-28-31(25)47(17-46-28)32(3,4)5/h7-16H,17H2,1-6H3;7-16H,17H2,1-6H3/t48-;47-/m01/s1. The van der Waals surface area contributed by atoms with Crippen LogP contribution in [0.4, 0.5) is 79.0 Å². The van der Waals surface area contributed by atoms with Gasteiger partial charge in [0, 0.05) is 38.3 Å². The Morgan fingerprint density at radius 2 is 0.737 bits per heavy atom. The largest absolute Gasteiger partial charge is 0.495 e. The van der Waals surface area contributed by atoms with Crippen LogP contribution in [0.2, 0.25) is 0 Å². The summed E-state index contributed by atoms with van der Waals surface area (Å²) in [5.74, 6) is 0.664. The first-order chi connectivity index (χ1) is 43.6. The summed E-state index contributed by atoms with van der Waals surface area (Å²) in [7, 11) is -1.96. The van der Waals surface area contributed by atoms with Gasteiger partial charge in [-0.2, -0.15) is 79.0 Å². The molecule has 8 aromatic carbocycles. The van der Waals surface area contributed by atoms with Gasteiger partial charge in [-0.05, 0) is 187 Å². The second-order valence-electron chi connectivity index (χ2n) is 25.1. The van der Waals surface area contributed by atoms with Gasteiger partial charge in [-0.15, -0.1) is 0 Å². The van der Waals surface area contributed by atoms with E-state index in [-0.39, 0.29) is 102 Å². The van der Waals surface area contributed by atoms with E-state index in [2.05, 4.69) is 0 Å². The van der Waals surface area contributed by atoms with Crippen molar-refractivity contribution in [2.45, 2.75) is 117 Å². The predicted octanol–water partition coefficient (Wildman–Crippen LogP) is 23.1. The van der Waals surface area contributed by atoms with Crippen LogP contribution in [-0.2, 0) is 41.6 Å². The van der Waals surface area contributed by atoms with Crippen LogP contribution in [-0.4, -0.2) is 37.2 Å². The van der Waals surface area contributed by atoms with Gasteiger partial charge in [0.05, 0.1) is 52.9 Å². The third-order valence-corrected chi connectivity index (χ3v) is 23.4. The molecule has 0 bridgehead atoms. The smallest absolute Gasteiger partial charge is 0.416 e. The summed E-state index contributed by atoms with van der Waals surface area (Å²) in [4.78, 5) is 0. The van der Waals surface area contributed by atoms with Crippen molar-refractivity contribution >= 4 is 25.7 Å². The SMILES string of the molecule is COc1c(-c2cc(C(F)(F)F)cc(C(F)(F)F)c2)cc(-c2cc(C)cc(C(F)(F)F)c2)c(C)c1-c1cccc2c1[P@](=O)(C(C)(C)C)CO2.COc1c(-c2cc(C(F)(F)F)cc(C(F)(F)F)c2)cc(-c2cc(C)cc(C(F)(F)F)c2)c(C)c1-c1cccc2c1[P@](C(C)(C)C)CO2. The third-order valence-electron chi connectivity index (χ3n) is 16.5. The summed E-state index contributed by atoms with van der Waals surface area (Å²) in [6, 6.07) is 21.4. The third kappa shape index (κ3) is 14.2. The lowest BCUT2D eigenvalue weighted by Gasteiger charge is -2.29. The van der Waals surface area contributed by atoms with Crippen molar-refractivity contribution < 1.29 is 103 Å². The molecule has 0 aliphatic carbocycles. The number of hydrogen-bond donors (Lipinski definition) is 0. The maximum absolute atomic E-state index is 14.6. The number of hydrogen-bond acceptors (Lipinski definition) is 5. The maximum Gasteiger partial charge on any atom is 0.416 e. The topological polar surface area (TPSA) is 54.0 Å². The van der Waals surface area contributed by atoms with Crippen LogP contribution in [0.1, 0.15) is 97.2 Å². The van der Waals surface area contributed by atoms with Crippen molar-refractivity contribution in [3.8, 4) is 89.8 Å². The van der Waals surface area contributed by atoms with E-state index in [1.54, 1.807) is 71.0 Å². The Labute approximate surface area is 536 Å². The Morgan fingerprint density at radius 1 is 0.400 bits per heavy atom. The van der Waals surface area contributed by atoms with Crippen LogP contribution in [0.5, 0.6) is 23.0 Å². The Kier molecular flexibility index (Phi) is 18.7. The molecule has 2 atom stereocenters. The second-order valence-corrected chi connectivity index (χ2v) is 31.6. The van der Waals surface area contributed by atoms with Crippen molar-refractivity contribution in [1.29, 1.82) is 0 Å². The van der Waals surface area contributed by atoms with Gasteiger partial charge in [0.2, 0.25) is 0 Å². The van der Waals surface area contributed by atoms with E-state index in [0.717, 1.165) is 29.6 Å². The predicted molar refractivity (Wildman–Crippen MR) is 332 cm³/mol. The van der Waals surface area contributed by atoms with Gasteiger partial charge in [0.25, 0.3) is 0 Å². The van der Waals surface area contributed by atoms with E-state index < -0.39 is 102 Å². The molecule has 0 radical (unpaired) electrons. The lowest BCUT2D eigenvalue weighted by atomic mass is 9.85. The van der Waals surface area contributed by atoms with Crippen LogP contribution >= 0.6 is 15.1 Å². The molecule has 95 heavy (non-hydrogen) atoms. The second kappa shape index (κ2) is 24.8. The van der Waals surface area contributed by atoms with E-state index in [9.17, 15) is 83.6 Å². The highest BCUT2D eigenvalue weighted by Gasteiger charge is 2.48. The van der Waals surface area contributed by atoms with Gasteiger partial charge in [0.1, 0.15) is 35.7 Å². The van der Waals surface area contributed by atoms with E-state index in [1.165, 1.54) is 52.3 Å². The number of aryl methyl sites for hydroxylation is 2. The number of methoxy groups -OCH3 is 2. The van der Waals surface area contributed by atoms with E-state index >= 15 is 0 Å². The van der Waals surface area contributed by atoms with Gasteiger partial charge in [-0.1, -0.05) is 77.9 Å². The lowest BCUT2D eigenvalue weighted by molar-refractivity contribution is -0.144. The highest BCUT2D eigenvalue weighted by molar-refractivity contribution is 7.73. The molecule has 2 heterocycles. The first-order valence-electron chi connectivity index (χ1n) is 28.9. The van der Waals surface area contributed by atoms with Gasteiger partial charge < -0.3 is 23.5 Å². The fourth-order valence-electron chi connectivity index (χ4n) is 11.9. The molecule has 10 rings (SSSR count). The molecular formula is C70H60F18O5P2. The maximum atomic E-state index is 14.6. The molecule has 0 aromatic heterocycles. The van der Waals surface area contributed by atoms with E-state index in [0.29, 0.717) is 58.4 Å². The summed E-state index contributed by atoms with van der Waals surface area (Å²) < 4.78 is 290. The molecule has 2 aliphatic rings. The van der Waals surface area contributed by atoms with Crippen molar-refractivity contribution in [1.82, 2.24) is 0 Å². The van der Waals surface area contributed by atoms with E-state index in [4.69, 9.17) is 18.9 Å². The molecule has 5 nitrogen and oxygen atoms in total. The highest BCUT2D eigenvalue weighted by atomic mass is 31.2. The minimum Gasteiger partial charge on any atom is -0.495 e. The monoisotopic (exact) mass is 1380 g/mol. The molecule has 0 unspecified atom stereocenters. The molecule has 0 saturated heterocycles. The Morgan fingerprint density at radius 3 is 1.08 bits per heavy atom. The normalized spacial score (nSPS) is 16.2. The number of halogens is 18. The minimum absolute atomic E-state index is 0.0100. The Hall–Kier alpha value is -7.64. The van der Waals surface area contributed by atoms with Crippen molar-refractivity contribution in [2.24, 2.45) is 0 Å². The summed E-state index contributed by atoms with van der Waals surface area (Å²) in [6.45, 7) is 17.5. The molecular weight excluding hydrogens is 1320 g/mol. The molecule has 0 N–H and O–H groups in total. The van der Waals surface area contributed by atoms with Crippen molar-refractivity contribution in [3.63, 3.8) is 0 Å². The molecule has 0 amide bonds. The van der Waals surface area contributed by atoms with Crippen LogP contribution in [0.25, 0.3) is 66.8 Å². The first kappa shape index (κ1) is 71.6. The van der Waals surface area contributed by atoms with Crippen LogP contribution in [0, 0.1) is 27.7 Å². The lowest BCUT2D eigenvalue weighted by Crippen LogP contribution is -2.23. The summed E-state index contributed by atoms with van der Waals surface area (Å²) in [5.41, 5.74) is -6.70. The van der Waals surface area contributed by atoms with Gasteiger partial charge in [-0.25, -0.2) is 0 Å². The molecule has 2 aliphatic heterocycles. The molecule has 0 saturated carbocycles. The van der Waals surface area contributed by atoms with Gasteiger partial charge in [-0.3, -0.25) is 0 Å². The highest BCUT2D eigenvalue weighted by Crippen LogP contribution is 2.64. The minimum atomic E-state index is -5.17. The number of ether oxygens (including phenoxy) is 4. The average Bonchev–Trinajstić information content (AvgIpc) is 1.71. The zero-order valence-electron chi connectivity index (χ0n) is 52.7. The number of benzene rings is 8. The quantitative estimate of drug-likeness (QED) is 0.112. The first-order valence-corrected chi connectivity index (χ1v) is 32.3.